The number of aliphatic hydroxyl groups is 2. The Morgan fingerprint density at radius 3 is 1.65 bits per heavy atom. The number of rotatable bonds is 36. The van der Waals surface area contributed by atoms with Crippen molar-refractivity contribution in [2.24, 2.45) is 0 Å². The lowest BCUT2D eigenvalue weighted by Gasteiger charge is -2.20. The summed E-state index contributed by atoms with van der Waals surface area (Å²) >= 11 is 0. The van der Waals surface area contributed by atoms with E-state index in [1.807, 2.05) is 0 Å². The largest absolute Gasteiger partial charge is 0.472 e. The van der Waals surface area contributed by atoms with Gasteiger partial charge in [-0.2, -0.15) is 0 Å². The zero-order chi connectivity index (χ0) is 36.3. The average Bonchev–Trinajstić information content (AvgIpc) is 3.09. The molecule has 0 bridgehead atoms. The second kappa shape index (κ2) is 34.9. The van der Waals surface area contributed by atoms with E-state index in [1.165, 1.54) is 64.2 Å². The first kappa shape index (κ1) is 47.4. The summed E-state index contributed by atoms with van der Waals surface area (Å²) in [6.07, 6.45) is 31.4. The molecule has 0 fully saturated rings. The molecule has 0 aromatic carbocycles. The number of esters is 2. The fraction of sp³-hybridized carbons (Fsp3) is 0.842. The molecule has 0 aliphatic rings. The molecule has 0 spiro atoms. The van der Waals surface area contributed by atoms with Crippen LogP contribution in [0.1, 0.15) is 168 Å². The molecule has 0 radical (unpaired) electrons. The van der Waals surface area contributed by atoms with Gasteiger partial charge in [-0.3, -0.25) is 18.6 Å². The summed E-state index contributed by atoms with van der Waals surface area (Å²) in [5.74, 6) is -0.939. The van der Waals surface area contributed by atoms with Crippen LogP contribution in [0.4, 0.5) is 0 Å². The Bertz CT molecular complexity index is 879. The van der Waals surface area contributed by atoms with E-state index in [1.54, 1.807) is 0 Å². The van der Waals surface area contributed by atoms with Gasteiger partial charge in [0.05, 0.1) is 19.8 Å². The van der Waals surface area contributed by atoms with Crippen molar-refractivity contribution >= 4 is 19.8 Å². The minimum atomic E-state index is -4.61. The monoisotopic (exact) mass is 718 g/mol. The van der Waals surface area contributed by atoms with Gasteiger partial charge in [0.25, 0.3) is 0 Å². The van der Waals surface area contributed by atoms with Crippen LogP contribution in [0.25, 0.3) is 0 Å². The molecule has 288 valence electrons. The Hall–Kier alpha value is -1.55. The SMILES string of the molecule is CCC/C=C\C/C=C\CCCCCCCC(=O)O[C@H](COC(=O)CCCCCCCCCCCCCCC)COP(=O)(O)OC[C@@H](O)CO. The minimum Gasteiger partial charge on any atom is -0.462 e. The van der Waals surface area contributed by atoms with Crippen molar-refractivity contribution in [3.05, 3.63) is 24.3 Å². The van der Waals surface area contributed by atoms with E-state index in [-0.39, 0.29) is 19.4 Å². The van der Waals surface area contributed by atoms with Gasteiger partial charge in [0.1, 0.15) is 12.7 Å². The summed E-state index contributed by atoms with van der Waals surface area (Å²) in [6, 6.07) is 0. The van der Waals surface area contributed by atoms with Crippen LogP contribution in [0, 0.1) is 0 Å². The average molecular weight is 719 g/mol. The molecule has 1 unspecified atom stereocenters. The van der Waals surface area contributed by atoms with E-state index in [0.29, 0.717) is 12.8 Å². The Balaban J connectivity index is 4.37. The third kappa shape index (κ3) is 34.7. The summed E-state index contributed by atoms with van der Waals surface area (Å²) in [5.41, 5.74) is 0. The number of carbonyl (C=O) groups excluding carboxylic acids is 2. The first-order valence-corrected chi connectivity index (χ1v) is 20.8. The lowest BCUT2D eigenvalue weighted by molar-refractivity contribution is -0.161. The highest BCUT2D eigenvalue weighted by Crippen LogP contribution is 2.43. The van der Waals surface area contributed by atoms with Gasteiger partial charge in [-0.25, -0.2) is 4.57 Å². The smallest absolute Gasteiger partial charge is 0.462 e. The Morgan fingerprint density at radius 1 is 0.612 bits per heavy atom. The predicted octanol–water partition coefficient (Wildman–Crippen LogP) is 9.44. The van der Waals surface area contributed by atoms with Gasteiger partial charge in [0.15, 0.2) is 6.10 Å². The maximum atomic E-state index is 12.5. The van der Waals surface area contributed by atoms with E-state index in [0.717, 1.165) is 64.2 Å². The molecule has 0 saturated carbocycles. The predicted molar refractivity (Wildman–Crippen MR) is 196 cm³/mol. The summed E-state index contributed by atoms with van der Waals surface area (Å²) < 4.78 is 32.6. The minimum absolute atomic E-state index is 0.170. The van der Waals surface area contributed by atoms with E-state index < -0.39 is 51.8 Å². The van der Waals surface area contributed by atoms with Crippen LogP contribution in [0.2, 0.25) is 0 Å². The highest BCUT2D eigenvalue weighted by molar-refractivity contribution is 7.47. The molecule has 49 heavy (non-hydrogen) atoms. The number of phosphoric ester groups is 1. The molecule has 3 N–H and O–H groups in total. The number of phosphoric acid groups is 1. The molecule has 0 heterocycles. The summed E-state index contributed by atoms with van der Waals surface area (Å²) in [6.45, 7) is 2.29. The molecular weight excluding hydrogens is 647 g/mol. The molecule has 0 aliphatic carbocycles. The van der Waals surface area contributed by atoms with E-state index in [9.17, 15) is 24.2 Å². The van der Waals surface area contributed by atoms with Crippen molar-refractivity contribution in [2.75, 3.05) is 26.4 Å². The van der Waals surface area contributed by atoms with Crippen molar-refractivity contribution in [3.63, 3.8) is 0 Å². The van der Waals surface area contributed by atoms with Crippen molar-refractivity contribution in [1.29, 1.82) is 0 Å². The van der Waals surface area contributed by atoms with Crippen molar-refractivity contribution in [1.82, 2.24) is 0 Å². The zero-order valence-corrected chi connectivity index (χ0v) is 31.8. The Morgan fingerprint density at radius 2 is 1.10 bits per heavy atom. The number of hydrogen-bond acceptors (Lipinski definition) is 9. The van der Waals surface area contributed by atoms with Crippen molar-refractivity contribution < 1.29 is 47.8 Å². The highest BCUT2D eigenvalue weighted by atomic mass is 31.2. The molecule has 0 amide bonds. The van der Waals surface area contributed by atoms with Crippen LogP contribution in [0.3, 0.4) is 0 Å². The second-order valence-electron chi connectivity index (χ2n) is 13.0. The van der Waals surface area contributed by atoms with Crippen molar-refractivity contribution in [3.8, 4) is 0 Å². The molecular formula is C38H71O10P. The number of allylic oxidation sites excluding steroid dienone is 4. The standard InChI is InChI=1S/C38H71O10P/c1-3-5-7-9-11-13-15-17-19-21-23-25-27-29-37(41)45-33-36(34-47-49(43,44)46-32-35(40)31-39)48-38(42)30-28-26-24-22-20-18-16-14-12-10-8-6-4-2/h8,10,14,16,35-36,39-40H,3-7,9,11-13,15,17-34H2,1-2H3,(H,43,44)/b10-8-,16-14-/t35-,36+/m0/s1. The van der Waals surface area contributed by atoms with E-state index >= 15 is 0 Å². The third-order valence-corrected chi connectivity index (χ3v) is 9.04. The maximum Gasteiger partial charge on any atom is 0.472 e. The second-order valence-corrected chi connectivity index (χ2v) is 14.4. The molecule has 0 aliphatic heterocycles. The van der Waals surface area contributed by atoms with Gasteiger partial charge in [0, 0.05) is 12.8 Å². The van der Waals surface area contributed by atoms with Crippen LogP contribution in [0.5, 0.6) is 0 Å². The Kier molecular flexibility index (Phi) is 33.8. The van der Waals surface area contributed by atoms with Crippen LogP contribution in [0.15, 0.2) is 24.3 Å². The fourth-order valence-corrected chi connectivity index (χ4v) is 5.88. The molecule has 0 rings (SSSR count). The van der Waals surface area contributed by atoms with Gasteiger partial charge >= 0.3 is 19.8 Å². The lowest BCUT2D eigenvalue weighted by atomic mass is 10.0. The quantitative estimate of drug-likeness (QED) is 0.0248. The topological polar surface area (TPSA) is 149 Å². The number of hydrogen-bond donors (Lipinski definition) is 3. The van der Waals surface area contributed by atoms with Crippen LogP contribution in [-0.2, 0) is 32.7 Å². The number of aliphatic hydroxyl groups excluding tert-OH is 2. The van der Waals surface area contributed by atoms with Crippen molar-refractivity contribution in [2.45, 2.75) is 180 Å². The first-order valence-electron chi connectivity index (χ1n) is 19.3. The zero-order valence-electron chi connectivity index (χ0n) is 30.9. The van der Waals surface area contributed by atoms with E-state index in [2.05, 4.69) is 42.7 Å². The highest BCUT2D eigenvalue weighted by Gasteiger charge is 2.27. The van der Waals surface area contributed by atoms with Crippen LogP contribution >= 0.6 is 7.82 Å². The summed E-state index contributed by atoms with van der Waals surface area (Å²) in [5, 5.41) is 18.3. The summed E-state index contributed by atoms with van der Waals surface area (Å²) in [7, 11) is -4.61. The molecule has 0 aromatic rings. The third-order valence-electron chi connectivity index (χ3n) is 8.09. The molecule has 10 nitrogen and oxygen atoms in total. The molecule has 0 saturated heterocycles. The van der Waals surface area contributed by atoms with E-state index in [4.69, 9.17) is 19.1 Å². The molecule has 11 heteroatoms. The molecule has 3 atom stereocenters. The number of ether oxygens (including phenoxy) is 2. The van der Waals surface area contributed by atoms with Gasteiger partial charge in [-0.05, 0) is 38.5 Å². The first-order chi connectivity index (χ1) is 23.7. The number of carbonyl (C=O) groups is 2. The lowest BCUT2D eigenvalue weighted by Crippen LogP contribution is -2.29. The maximum absolute atomic E-state index is 12.5. The van der Waals surface area contributed by atoms with Crippen LogP contribution in [-0.4, -0.2) is 65.7 Å². The summed E-state index contributed by atoms with van der Waals surface area (Å²) in [4.78, 5) is 34.8. The normalized spacial score (nSPS) is 14.3. The van der Waals surface area contributed by atoms with Crippen LogP contribution < -0.4 is 0 Å². The van der Waals surface area contributed by atoms with Gasteiger partial charge in [-0.1, -0.05) is 141 Å². The Labute approximate surface area is 298 Å². The molecule has 0 aromatic heterocycles. The van der Waals surface area contributed by atoms with Gasteiger partial charge in [-0.15, -0.1) is 0 Å². The van der Waals surface area contributed by atoms with Gasteiger partial charge in [0.2, 0.25) is 0 Å². The fourth-order valence-electron chi connectivity index (χ4n) is 5.09. The number of unbranched alkanes of at least 4 members (excludes halogenated alkanes) is 18. The van der Waals surface area contributed by atoms with Gasteiger partial charge < -0.3 is 24.6 Å².